The molecule has 0 fully saturated rings. The van der Waals surface area contributed by atoms with Gasteiger partial charge in [-0.25, -0.2) is 4.98 Å². The fraction of sp³-hybridized carbons (Fsp3) is 0.429. The summed E-state index contributed by atoms with van der Waals surface area (Å²) >= 11 is 10.1. The largest absolute Gasteiger partial charge is 0.213 e. The quantitative estimate of drug-likeness (QED) is 0.805. The zero-order chi connectivity index (χ0) is 10.7. The lowest BCUT2D eigenvalue weighted by Gasteiger charge is -1.92. The second kappa shape index (κ2) is 5.20. The Labute approximate surface area is 104 Å². The Bertz CT molecular complexity index is 441. The maximum Gasteiger partial charge on any atom is 0.170 e. The summed E-state index contributed by atoms with van der Waals surface area (Å²) in [4.78, 5) is 4.34. The van der Waals surface area contributed by atoms with Gasteiger partial charge in [0.1, 0.15) is 15.9 Å². The van der Waals surface area contributed by atoms with Crippen LogP contribution in [0.5, 0.6) is 0 Å². The van der Waals surface area contributed by atoms with Gasteiger partial charge < -0.3 is 0 Å². The van der Waals surface area contributed by atoms with E-state index in [-0.39, 0.29) is 0 Å². The molecule has 8 heteroatoms. The maximum atomic E-state index is 5.89. The van der Waals surface area contributed by atoms with Crippen LogP contribution in [0.25, 0.3) is 0 Å². The van der Waals surface area contributed by atoms with Crippen LogP contribution in [0, 0.1) is 0 Å². The summed E-state index contributed by atoms with van der Waals surface area (Å²) in [6.45, 7) is 2.04. The van der Waals surface area contributed by atoms with Gasteiger partial charge in [0, 0.05) is 23.7 Å². The van der Waals surface area contributed by atoms with Crippen LogP contribution in [0.4, 0.5) is 0 Å². The van der Waals surface area contributed by atoms with Gasteiger partial charge in [-0.3, -0.25) is 0 Å². The Morgan fingerprint density at radius 3 is 2.87 bits per heavy atom. The van der Waals surface area contributed by atoms with Gasteiger partial charge in [-0.2, -0.15) is 4.37 Å². The number of thioether (sulfide) groups is 1. The molecule has 2 heterocycles. The van der Waals surface area contributed by atoms with E-state index in [0.29, 0.717) is 10.1 Å². The standard InChI is InChI=1S/C7H7ClN4S3/c1-2-5-9-7(15-11-5)13-3-4-6(8)14-12-10-4/h2-3H2,1H3. The molecule has 0 amide bonds. The first-order valence-electron chi connectivity index (χ1n) is 4.21. The second-order valence-corrected chi connectivity index (χ2v) is 5.94. The van der Waals surface area contributed by atoms with Crippen LogP contribution in [0.3, 0.4) is 0 Å². The summed E-state index contributed by atoms with van der Waals surface area (Å²) < 4.78 is 9.58. The van der Waals surface area contributed by atoms with E-state index in [1.54, 1.807) is 11.8 Å². The van der Waals surface area contributed by atoms with Crippen molar-refractivity contribution >= 4 is 46.4 Å². The van der Waals surface area contributed by atoms with E-state index in [9.17, 15) is 0 Å². The van der Waals surface area contributed by atoms with Crippen LogP contribution in [0.15, 0.2) is 4.34 Å². The molecule has 0 spiro atoms. The third-order valence-electron chi connectivity index (χ3n) is 1.61. The van der Waals surface area contributed by atoms with Crippen LogP contribution < -0.4 is 0 Å². The van der Waals surface area contributed by atoms with Crippen molar-refractivity contribution in [2.45, 2.75) is 23.4 Å². The molecule has 0 aliphatic heterocycles. The Kier molecular flexibility index (Phi) is 3.90. The molecule has 0 atom stereocenters. The third-order valence-corrected chi connectivity index (χ3v) is 4.47. The number of aryl methyl sites for hydroxylation is 1. The van der Waals surface area contributed by atoms with E-state index in [1.165, 1.54) is 23.1 Å². The van der Waals surface area contributed by atoms with Crippen molar-refractivity contribution in [1.29, 1.82) is 0 Å². The van der Waals surface area contributed by atoms with Gasteiger partial charge >= 0.3 is 0 Å². The van der Waals surface area contributed by atoms with E-state index in [1.807, 2.05) is 6.92 Å². The zero-order valence-corrected chi connectivity index (χ0v) is 11.0. The highest BCUT2D eigenvalue weighted by Crippen LogP contribution is 2.27. The first-order chi connectivity index (χ1) is 7.29. The lowest BCUT2D eigenvalue weighted by atomic mass is 10.5. The van der Waals surface area contributed by atoms with E-state index in [0.717, 1.165) is 22.3 Å². The normalized spacial score (nSPS) is 10.8. The number of aromatic nitrogens is 4. The number of hydrogen-bond donors (Lipinski definition) is 0. The average Bonchev–Trinajstić information content (AvgIpc) is 2.84. The van der Waals surface area contributed by atoms with Gasteiger partial charge in [-0.1, -0.05) is 34.8 Å². The second-order valence-electron chi connectivity index (χ2n) is 2.61. The van der Waals surface area contributed by atoms with E-state index in [4.69, 9.17) is 11.6 Å². The summed E-state index contributed by atoms with van der Waals surface area (Å²) in [6, 6.07) is 0. The molecule has 0 saturated carbocycles. The molecule has 0 aliphatic rings. The fourth-order valence-corrected chi connectivity index (χ4v) is 3.28. The van der Waals surface area contributed by atoms with Crippen LogP contribution >= 0.6 is 46.4 Å². The lowest BCUT2D eigenvalue weighted by Crippen LogP contribution is -1.83. The van der Waals surface area contributed by atoms with Crippen molar-refractivity contribution in [2.24, 2.45) is 0 Å². The van der Waals surface area contributed by atoms with Gasteiger partial charge in [0.25, 0.3) is 0 Å². The minimum Gasteiger partial charge on any atom is -0.213 e. The van der Waals surface area contributed by atoms with E-state index >= 15 is 0 Å². The number of rotatable bonds is 4. The van der Waals surface area contributed by atoms with Crippen LogP contribution in [-0.2, 0) is 12.2 Å². The molecule has 0 aliphatic carbocycles. The summed E-state index contributed by atoms with van der Waals surface area (Å²) in [7, 11) is 0. The summed E-state index contributed by atoms with van der Waals surface area (Å²) in [6.07, 6.45) is 0.871. The lowest BCUT2D eigenvalue weighted by molar-refractivity contribution is 0.971. The van der Waals surface area contributed by atoms with Crippen molar-refractivity contribution in [2.75, 3.05) is 0 Å². The molecule has 0 unspecified atom stereocenters. The molecular weight excluding hydrogens is 272 g/mol. The Morgan fingerprint density at radius 1 is 1.40 bits per heavy atom. The summed E-state index contributed by atoms with van der Waals surface area (Å²) in [5.41, 5.74) is 0.819. The van der Waals surface area contributed by atoms with E-state index in [2.05, 4.69) is 18.9 Å². The molecular formula is C7H7ClN4S3. The molecule has 0 aromatic carbocycles. The predicted molar refractivity (Wildman–Crippen MR) is 63.8 cm³/mol. The number of halogens is 1. The monoisotopic (exact) mass is 278 g/mol. The fourth-order valence-electron chi connectivity index (χ4n) is 0.853. The highest BCUT2D eigenvalue weighted by atomic mass is 35.5. The molecule has 0 bridgehead atoms. The minimum atomic E-state index is 0.655. The highest BCUT2D eigenvalue weighted by Gasteiger charge is 2.08. The van der Waals surface area contributed by atoms with Gasteiger partial charge in [-0.05, 0) is 11.5 Å². The Morgan fingerprint density at radius 2 is 2.27 bits per heavy atom. The Hall–Kier alpha value is -0.240. The smallest absolute Gasteiger partial charge is 0.170 e. The molecule has 15 heavy (non-hydrogen) atoms. The van der Waals surface area contributed by atoms with Crippen molar-refractivity contribution in [3.8, 4) is 0 Å². The molecule has 0 N–H and O–H groups in total. The van der Waals surface area contributed by atoms with Crippen molar-refractivity contribution in [3.63, 3.8) is 0 Å². The predicted octanol–water partition coefficient (Wildman–Crippen LogP) is 2.90. The van der Waals surface area contributed by atoms with Crippen LogP contribution in [0.1, 0.15) is 18.4 Å². The summed E-state index contributed by atoms with van der Waals surface area (Å²) in [5.74, 6) is 1.60. The molecule has 2 rings (SSSR count). The maximum absolute atomic E-state index is 5.89. The van der Waals surface area contributed by atoms with Gasteiger partial charge in [0.2, 0.25) is 0 Å². The average molecular weight is 279 g/mol. The molecule has 2 aromatic heterocycles. The highest BCUT2D eigenvalue weighted by molar-refractivity contribution is 8.00. The van der Waals surface area contributed by atoms with E-state index < -0.39 is 0 Å². The molecule has 2 aromatic rings. The van der Waals surface area contributed by atoms with Crippen molar-refractivity contribution in [1.82, 2.24) is 18.9 Å². The molecule has 4 nitrogen and oxygen atoms in total. The van der Waals surface area contributed by atoms with Crippen LogP contribution in [-0.4, -0.2) is 18.9 Å². The molecule has 0 radical (unpaired) electrons. The zero-order valence-electron chi connectivity index (χ0n) is 7.81. The SMILES string of the molecule is CCc1nsc(SCc2nnsc2Cl)n1. The third kappa shape index (κ3) is 2.87. The minimum absolute atomic E-state index is 0.655. The summed E-state index contributed by atoms with van der Waals surface area (Å²) in [5, 5.41) is 3.93. The molecule has 0 saturated heterocycles. The van der Waals surface area contributed by atoms with Crippen molar-refractivity contribution < 1.29 is 0 Å². The van der Waals surface area contributed by atoms with Gasteiger partial charge in [0.15, 0.2) is 4.34 Å². The Balaban J connectivity index is 1.96. The first kappa shape index (κ1) is 11.3. The number of nitrogens with zero attached hydrogens (tertiary/aromatic N) is 4. The van der Waals surface area contributed by atoms with Gasteiger partial charge in [0.05, 0.1) is 0 Å². The number of hydrogen-bond acceptors (Lipinski definition) is 7. The van der Waals surface area contributed by atoms with Gasteiger partial charge in [-0.15, -0.1) is 5.10 Å². The topological polar surface area (TPSA) is 51.6 Å². The first-order valence-corrected chi connectivity index (χ1v) is 7.12. The molecule has 80 valence electrons. The van der Waals surface area contributed by atoms with Crippen LogP contribution in [0.2, 0.25) is 4.34 Å². The van der Waals surface area contributed by atoms with Crippen molar-refractivity contribution in [3.05, 3.63) is 15.9 Å².